The Morgan fingerprint density at radius 1 is 1.43 bits per heavy atom. The third-order valence-electron chi connectivity index (χ3n) is 2.86. The molecule has 10 heteroatoms. The van der Waals surface area contributed by atoms with Gasteiger partial charge >= 0.3 is 0 Å². The van der Waals surface area contributed by atoms with E-state index in [-0.39, 0.29) is 19.3 Å². The SMILES string of the molecule is COc1nc(N)nc2c1c(I)nn2CO[C@H](CO)C(C)O. The lowest BCUT2D eigenvalue weighted by molar-refractivity contribution is -0.0832. The number of methoxy groups -OCH3 is 1. The number of aliphatic hydroxyl groups is 2. The van der Waals surface area contributed by atoms with Gasteiger partial charge in [-0.05, 0) is 29.5 Å². The van der Waals surface area contributed by atoms with Gasteiger partial charge in [0.2, 0.25) is 11.8 Å². The van der Waals surface area contributed by atoms with Crippen molar-refractivity contribution in [2.75, 3.05) is 19.5 Å². The summed E-state index contributed by atoms with van der Waals surface area (Å²) in [6.45, 7) is 1.25. The first-order chi connectivity index (χ1) is 9.97. The highest BCUT2D eigenvalue weighted by molar-refractivity contribution is 14.1. The summed E-state index contributed by atoms with van der Waals surface area (Å²) in [5.41, 5.74) is 6.11. The highest BCUT2D eigenvalue weighted by Crippen LogP contribution is 2.27. The van der Waals surface area contributed by atoms with Crippen LogP contribution in [0.2, 0.25) is 0 Å². The fourth-order valence-corrected chi connectivity index (χ4v) is 2.50. The molecule has 0 radical (unpaired) electrons. The average Bonchev–Trinajstić information content (AvgIpc) is 2.75. The smallest absolute Gasteiger partial charge is 0.230 e. The molecule has 0 spiro atoms. The first-order valence-electron chi connectivity index (χ1n) is 6.12. The Balaban J connectivity index is 2.35. The van der Waals surface area contributed by atoms with Gasteiger partial charge in [-0.3, -0.25) is 0 Å². The Morgan fingerprint density at radius 2 is 2.14 bits per heavy atom. The number of anilines is 1. The van der Waals surface area contributed by atoms with E-state index < -0.39 is 12.2 Å². The lowest BCUT2D eigenvalue weighted by Crippen LogP contribution is -2.31. The number of halogens is 1. The number of nitrogens with zero attached hydrogens (tertiary/aromatic N) is 4. The molecule has 0 aliphatic heterocycles. The van der Waals surface area contributed by atoms with E-state index in [1.807, 2.05) is 22.6 Å². The topological polar surface area (TPSA) is 129 Å². The Hall–Kier alpha value is -1.24. The maximum absolute atomic E-state index is 9.45. The predicted molar refractivity (Wildman–Crippen MR) is 82.6 cm³/mol. The highest BCUT2D eigenvalue weighted by atomic mass is 127. The van der Waals surface area contributed by atoms with Crippen molar-refractivity contribution < 1.29 is 19.7 Å². The van der Waals surface area contributed by atoms with Crippen LogP contribution < -0.4 is 10.5 Å². The molecule has 2 aromatic heterocycles. The van der Waals surface area contributed by atoms with E-state index in [1.165, 1.54) is 18.7 Å². The van der Waals surface area contributed by atoms with E-state index in [2.05, 4.69) is 15.1 Å². The molecule has 0 saturated heterocycles. The van der Waals surface area contributed by atoms with Crippen molar-refractivity contribution in [3.05, 3.63) is 3.70 Å². The zero-order valence-corrected chi connectivity index (χ0v) is 13.7. The second kappa shape index (κ2) is 6.68. The summed E-state index contributed by atoms with van der Waals surface area (Å²) in [4.78, 5) is 8.13. The first kappa shape index (κ1) is 16.1. The summed E-state index contributed by atoms with van der Waals surface area (Å²) in [7, 11) is 1.49. The molecule has 2 rings (SSSR count). The second-order valence-electron chi connectivity index (χ2n) is 4.34. The van der Waals surface area contributed by atoms with Crippen LogP contribution in [0.3, 0.4) is 0 Å². The molecular weight excluding hydrogens is 393 g/mol. The van der Waals surface area contributed by atoms with Crippen LogP contribution in [0.25, 0.3) is 11.0 Å². The Morgan fingerprint density at radius 3 is 2.71 bits per heavy atom. The molecule has 2 heterocycles. The van der Waals surface area contributed by atoms with Gasteiger partial charge in [-0.1, -0.05) is 0 Å². The molecule has 116 valence electrons. The summed E-state index contributed by atoms with van der Waals surface area (Å²) >= 11 is 2.03. The first-order valence-corrected chi connectivity index (χ1v) is 7.19. The van der Waals surface area contributed by atoms with Gasteiger partial charge in [0.1, 0.15) is 21.9 Å². The molecule has 2 atom stereocenters. The van der Waals surface area contributed by atoms with E-state index in [1.54, 1.807) is 0 Å². The third kappa shape index (κ3) is 3.33. The Bertz CT molecular complexity index is 633. The van der Waals surface area contributed by atoms with Gasteiger partial charge in [0.25, 0.3) is 0 Å². The number of hydrogen-bond acceptors (Lipinski definition) is 8. The molecule has 0 amide bonds. The van der Waals surface area contributed by atoms with Gasteiger partial charge in [-0.2, -0.15) is 15.1 Å². The number of rotatable bonds is 6. The summed E-state index contributed by atoms with van der Waals surface area (Å²) in [5, 5.41) is 23.5. The van der Waals surface area contributed by atoms with Gasteiger partial charge < -0.3 is 25.4 Å². The lowest BCUT2D eigenvalue weighted by Gasteiger charge is -2.18. The van der Waals surface area contributed by atoms with Crippen LogP contribution in [0.4, 0.5) is 5.95 Å². The number of fused-ring (bicyclic) bond motifs is 1. The summed E-state index contributed by atoms with van der Waals surface area (Å²) < 4.78 is 12.7. The van der Waals surface area contributed by atoms with Crippen LogP contribution in [-0.2, 0) is 11.5 Å². The number of hydrogen-bond donors (Lipinski definition) is 3. The molecule has 9 nitrogen and oxygen atoms in total. The van der Waals surface area contributed by atoms with E-state index in [0.717, 1.165) is 0 Å². The van der Waals surface area contributed by atoms with Crippen LogP contribution in [0.15, 0.2) is 0 Å². The molecule has 21 heavy (non-hydrogen) atoms. The van der Waals surface area contributed by atoms with Crippen molar-refractivity contribution in [1.29, 1.82) is 0 Å². The summed E-state index contributed by atoms with van der Waals surface area (Å²) in [6.07, 6.45) is -1.51. The van der Waals surface area contributed by atoms with Gasteiger partial charge in [-0.25, -0.2) is 4.68 Å². The van der Waals surface area contributed by atoms with Crippen molar-refractivity contribution in [3.8, 4) is 5.88 Å². The van der Waals surface area contributed by atoms with Crippen LogP contribution in [-0.4, -0.2) is 55.9 Å². The second-order valence-corrected chi connectivity index (χ2v) is 5.36. The Labute approximate surface area is 134 Å². The van der Waals surface area contributed by atoms with E-state index in [4.69, 9.17) is 20.3 Å². The minimum absolute atomic E-state index is 0.00916. The summed E-state index contributed by atoms with van der Waals surface area (Å²) in [6, 6.07) is 0. The van der Waals surface area contributed by atoms with Crippen molar-refractivity contribution in [1.82, 2.24) is 19.7 Å². The van der Waals surface area contributed by atoms with Crippen molar-refractivity contribution in [3.63, 3.8) is 0 Å². The molecule has 0 saturated carbocycles. The summed E-state index contributed by atoms with van der Waals surface area (Å²) in [5.74, 6) is 0.397. The van der Waals surface area contributed by atoms with E-state index in [9.17, 15) is 5.11 Å². The van der Waals surface area contributed by atoms with E-state index in [0.29, 0.717) is 20.6 Å². The van der Waals surface area contributed by atoms with Crippen LogP contribution in [0.5, 0.6) is 5.88 Å². The van der Waals surface area contributed by atoms with Crippen molar-refractivity contribution >= 4 is 39.6 Å². The fourth-order valence-electron chi connectivity index (χ4n) is 1.76. The maximum atomic E-state index is 9.45. The zero-order valence-electron chi connectivity index (χ0n) is 11.5. The van der Waals surface area contributed by atoms with E-state index >= 15 is 0 Å². The fraction of sp³-hybridized carbons (Fsp3) is 0.545. The molecule has 1 unspecified atom stereocenters. The normalized spacial score (nSPS) is 14.3. The monoisotopic (exact) mass is 409 g/mol. The lowest BCUT2D eigenvalue weighted by atomic mass is 10.2. The van der Waals surface area contributed by atoms with Crippen LogP contribution in [0.1, 0.15) is 6.92 Å². The maximum Gasteiger partial charge on any atom is 0.230 e. The molecule has 0 aliphatic carbocycles. The van der Waals surface area contributed by atoms with Gasteiger partial charge in [-0.15, -0.1) is 0 Å². The van der Waals surface area contributed by atoms with Gasteiger partial charge in [0, 0.05) is 0 Å². The molecule has 0 fully saturated rings. The van der Waals surface area contributed by atoms with Crippen molar-refractivity contribution in [2.45, 2.75) is 25.9 Å². The molecule has 0 bridgehead atoms. The van der Waals surface area contributed by atoms with Gasteiger partial charge in [0.15, 0.2) is 5.65 Å². The number of ether oxygens (including phenoxy) is 2. The predicted octanol–water partition coefficient (Wildman–Crippen LogP) is -0.263. The minimum atomic E-state index is -0.801. The zero-order chi connectivity index (χ0) is 15.6. The molecule has 2 aromatic rings. The number of aromatic nitrogens is 4. The minimum Gasteiger partial charge on any atom is -0.480 e. The van der Waals surface area contributed by atoms with Crippen LogP contribution in [0, 0.1) is 3.70 Å². The number of nitrogens with two attached hydrogens (primary N) is 1. The molecular formula is C11H16IN5O4. The van der Waals surface area contributed by atoms with Crippen molar-refractivity contribution in [2.24, 2.45) is 0 Å². The standard InChI is InChI=1S/C11H16IN5O4/c1-5(19)6(3-18)21-4-17-9-7(8(12)16-17)10(20-2)15-11(13)14-9/h5-6,18-19H,3-4H2,1-2H3,(H2,13,14,15)/t5?,6-/m1/s1. The Kier molecular flexibility index (Phi) is 5.13. The number of aliphatic hydroxyl groups excluding tert-OH is 2. The molecule has 4 N–H and O–H groups in total. The molecule has 0 aromatic carbocycles. The quantitative estimate of drug-likeness (QED) is 0.557. The number of nitrogen functional groups attached to an aromatic ring is 1. The average molecular weight is 409 g/mol. The largest absolute Gasteiger partial charge is 0.480 e. The highest BCUT2D eigenvalue weighted by Gasteiger charge is 2.19. The van der Waals surface area contributed by atoms with Crippen LogP contribution >= 0.6 is 22.6 Å². The van der Waals surface area contributed by atoms with Gasteiger partial charge in [0.05, 0.1) is 19.8 Å². The third-order valence-corrected chi connectivity index (χ3v) is 3.61. The molecule has 0 aliphatic rings.